The van der Waals surface area contributed by atoms with E-state index in [2.05, 4.69) is 13.8 Å². The molecule has 0 amide bonds. The molecule has 0 N–H and O–H groups in total. The molecule has 0 aliphatic carbocycles. The van der Waals surface area contributed by atoms with Crippen molar-refractivity contribution in [2.45, 2.75) is 32.8 Å². The Labute approximate surface area is 68.9 Å². The molecule has 0 saturated carbocycles. The van der Waals surface area contributed by atoms with Crippen molar-refractivity contribution < 1.29 is 9.47 Å². The minimum Gasteiger partial charge on any atom is -0.379 e. The van der Waals surface area contributed by atoms with E-state index in [-0.39, 0.29) is 0 Å². The van der Waals surface area contributed by atoms with Gasteiger partial charge in [-0.15, -0.1) is 0 Å². The van der Waals surface area contributed by atoms with Gasteiger partial charge in [0.25, 0.3) is 0 Å². The molecule has 0 spiro atoms. The summed E-state index contributed by atoms with van der Waals surface area (Å²) in [5, 5.41) is 0. The molecule has 1 rings (SSSR count). The van der Waals surface area contributed by atoms with Gasteiger partial charge in [-0.1, -0.05) is 13.8 Å². The molecule has 0 aromatic heterocycles. The highest BCUT2D eigenvalue weighted by atomic mass is 16.5. The van der Waals surface area contributed by atoms with Gasteiger partial charge in [-0.25, -0.2) is 0 Å². The summed E-state index contributed by atoms with van der Waals surface area (Å²) in [5.41, 5.74) is 0. The molecule has 1 unspecified atom stereocenters. The number of ether oxygens (including phenoxy) is 2. The summed E-state index contributed by atoms with van der Waals surface area (Å²) in [6.45, 7) is 6.93. The second-order valence-electron chi connectivity index (χ2n) is 3.57. The van der Waals surface area contributed by atoms with Crippen LogP contribution in [0.15, 0.2) is 0 Å². The Morgan fingerprint density at radius 2 is 2.36 bits per heavy atom. The second kappa shape index (κ2) is 4.73. The normalized spacial score (nSPS) is 25.9. The van der Waals surface area contributed by atoms with Crippen LogP contribution in [0.4, 0.5) is 0 Å². The molecule has 11 heavy (non-hydrogen) atoms. The molecule has 1 saturated heterocycles. The fourth-order valence-electron chi connectivity index (χ4n) is 1.17. The number of rotatable bonds is 3. The fraction of sp³-hybridized carbons (Fsp3) is 1.00. The molecule has 0 aromatic carbocycles. The SMILES string of the molecule is CC(C)COC1CCCOC1. The van der Waals surface area contributed by atoms with Crippen molar-refractivity contribution in [3.8, 4) is 0 Å². The molecule has 0 radical (unpaired) electrons. The average Bonchev–Trinajstić information content (AvgIpc) is 2.03. The first-order valence-corrected chi connectivity index (χ1v) is 4.48. The summed E-state index contributed by atoms with van der Waals surface area (Å²) in [6, 6.07) is 0. The molecule has 66 valence electrons. The maximum absolute atomic E-state index is 5.62. The second-order valence-corrected chi connectivity index (χ2v) is 3.57. The summed E-state index contributed by atoms with van der Waals surface area (Å²) < 4.78 is 10.9. The molecule has 1 aliphatic rings. The zero-order valence-electron chi connectivity index (χ0n) is 7.51. The summed E-state index contributed by atoms with van der Waals surface area (Å²) in [6.07, 6.45) is 2.70. The van der Waals surface area contributed by atoms with Gasteiger partial charge in [0.05, 0.1) is 12.7 Å². The van der Waals surface area contributed by atoms with E-state index < -0.39 is 0 Å². The summed E-state index contributed by atoms with van der Waals surface area (Å²) in [5.74, 6) is 0.636. The summed E-state index contributed by atoms with van der Waals surface area (Å²) >= 11 is 0. The topological polar surface area (TPSA) is 18.5 Å². The third-order valence-electron chi connectivity index (χ3n) is 1.78. The zero-order chi connectivity index (χ0) is 8.10. The highest BCUT2D eigenvalue weighted by Gasteiger charge is 2.13. The minimum atomic E-state index is 0.367. The lowest BCUT2D eigenvalue weighted by atomic mass is 10.1. The van der Waals surface area contributed by atoms with Gasteiger partial charge in [0, 0.05) is 13.2 Å². The predicted molar refractivity (Wildman–Crippen MR) is 44.6 cm³/mol. The van der Waals surface area contributed by atoms with Crippen LogP contribution in [-0.2, 0) is 9.47 Å². The largest absolute Gasteiger partial charge is 0.379 e. The first-order chi connectivity index (χ1) is 5.29. The number of hydrogen-bond acceptors (Lipinski definition) is 2. The van der Waals surface area contributed by atoms with Gasteiger partial charge in [0.2, 0.25) is 0 Å². The van der Waals surface area contributed by atoms with Gasteiger partial charge in [-0.3, -0.25) is 0 Å². The highest BCUT2D eigenvalue weighted by molar-refractivity contribution is 4.62. The van der Waals surface area contributed by atoms with Crippen molar-refractivity contribution in [3.05, 3.63) is 0 Å². The van der Waals surface area contributed by atoms with Crippen LogP contribution in [0.3, 0.4) is 0 Å². The average molecular weight is 158 g/mol. The van der Waals surface area contributed by atoms with Crippen molar-refractivity contribution in [2.24, 2.45) is 5.92 Å². The van der Waals surface area contributed by atoms with Crippen LogP contribution in [0.25, 0.3) is 0 Å². The van der Waals surface area contributed by atoms with E-state index in [1.807, 2.05) is 0 Å². The van der Waals surface area contributed by atoms with Gasteiger partial charge >= 0.3 is 0 Å². The monoisotopic (exact) mass is 158 g/mol. The molecule has 1 heterocycles. The quantitative estimate of drug-likeness (QED) is 0.624. The van der Waals surface area contributed by atoms with Gasteiger partial charge in [0.1, 0.15) is 0 Å². The Hall–Kier alpha value is -0.0800. The maximum Gasteiger partial charge on any atom is 0.0809 e. The Morgan fingerprint density at radius 1 is 1.55 bits per heavy atom. The van der Waals surface area contributed by atoms with Crippen molar-refractivity contribution in [3.63, 3.8) is 0 Å². The Balaban J connectivity index is 2.05. The Bertz CT molecular complexity index is 95.7. The molecular formula is C9H18O2. The van der Waals surface area contributed by atoms with E-state index in [4.69, 9.17) is 9.47 Å². The van der Waals surface area contributed by atoms with Crippen molar-refractivity contribution >= 4 is 0 Å². The smallest absolute Gasteiger partial charge is 0.0809 e. The first kappa shape index (κ1) is 9.01. The molecule has 2 nitrogen and oxygen atoms in total. The van der Waals surface area contributed by atoms with Crippen LogP contribution < -0.4 is 0 Å². The Kier molecular flexibility index (Phi) is 3.87. The van der Waals surface area contributed by atoms with Crippen molar-refractivity contribution in [1.29, 1.82) is 0 Å². The third kappa shape index (κ3) is 3.73. The van der Waals surface area contributed by atoms with E-state index in [1.54, 1.807) is 0 Å². The lowest BCUT2D eigenvalue weighted by molar-refractivity contribution is -0.0570. The number of hydrogen-bond donors (Lipinski definition) is 0. The van der Waals surface area contributed by atoms with Gasteiger partial charge < -0.3 is 9.47 Å². The predicted octanol–water partition coefficient (Wildman–Crippen LogP) is 1.84. The molecule has 2 heteroatoms. The van der Waals surface area contributed by atoms with Crippen molar-refractivity contribution in [1.82, 2.24) is 0 Å². The van der Waals surface area contributed by atoms with E-state index >= 15 is 0 Å². The molecule has 0 aromatic rings. The standard InChI is InChI=1S/C9H18O2/c1-8(2)6-11-9-4-3-5-10-7-9/h8-9H,3-7H2,1-2H3. The molecule has 1 atom stereocenters. The van der Waals surface area contributed by atoms with Crippen LogP contribution in [0.1, 0.15) is 26.7 Å². The van der Waals surface area contributed by atoms with Crippen LogP contribution in [0, 0.1) is 5.92 Å². The van der Waals surface area contributed by atoms with Crippen LogP contribution in [0.2, 0.25) is 0 Å². The van der Waals surface area contributed by atoms with E-state index in [1.165, 1.54) is 6.42 Å². The van der Waals surface area contributed by atoms with Crippen molar-refractivity contribution in [2.75, 3.05) is 19.8 Å². The maximum atomic E-state index is 5.62. The Morgan fingerprint density at radius 3 is 2.91 bits per heavy atom. The van der Waals surface area contributed by atoms with Crippen LogP contribution in [-0.4, -0.2) is 25.9 Å². The van der Waals surface area contributed by atoms with Gasteiger partial charge in [0.15, 0.2) is 0 Å². The van der Waals surface area contributed by atoms with Gasteiger partial charge in [-0.2, -0.15) is 0 Å². The minimum absolute atomic E-state index is 0.367. The summed E-state index contributed by atoms with van der Waals surface area (Å²) in [4.78, 5) is 0. The molecule has 0 bridgehead atoms. The molecular weight excluding hydrogens is 140 g/mol. The van der Waals surface area contributed by atoms with Crippen LogP contribution in [0.5, 0.6) is 0 Å². The van der Waals surface area contributed by atoms with E-state index in [0.29, 0.717) is 12.0 Å². The fourth-order valence-corrected chi connectivity index (χ4v) is 1.17. The van der Waals surface area contributed by atoms with E-state index in [0.717, 1.165) is 26.2 Å². The molecule has 1 fully saturated rings. The summed E-state index contributed by atoms with van der Waals surface area (Å²) in [7, 11) is 0. The lowest BCUT2D eigenvalue weighted by Crippen LogP contribution is -2.26. The van der Waals surface area contributed by atoms with Crippen LogP contribution >= 0.6 is 0 Å². The molecule has 1 aliphatic heterocycles. The lowest BCUT2D eigenvalue weighted by Gasteiger charge is -2.23. The zero-order valence-corrected chi connectivity index (χ0v) is 7.51. The van der Waals surface area contributed by atoms with Gasteiger partial charge in [-0.05, 0) is 18.8 Å². The first-order valence-electron chi connectivity index (χ1n) is 4.48. The third-order valence-corrected chi connectivity index (χ3v) is 1.78. The highest BCUT2D eigenvalue weighted by Crippen LogP contribution is 2.10. The van der Waals surface area contributed by atoms with E-state index in [9.17, 15) is 0 Å².